The number of aromatic nitrogens is 2. The fraction of sp³-hybridized carbons (Fsp3) is 0.500. The summed E-state index contributed by atoms with van der Waals surface area (Å²) in [6.45, 7) is 12.5. The quantitative estimate of drug-likeness (QED) is 0.126. The van der Waals surface area contributed by atoms with E-state index in [4.69, 9.17) is 24.8 Å². The maximum absolute atomic E-state index is 13.8. The standard InChI is InChI=1S/C26H29FN2O5S.C4H10O3.2C2H6/c1-5-20-22(30)29(26(2,3)24(31)34-16-17-9-7-6-8-10-17)25(32)28(23(20)35)14-13-18-15-19(27)11-12-21(18)33-4;5-2-1-4(7)3-6;2*1-2/h6-12,15,35H,5,13-14,16H2,1-4H3;4-7H,1-3H2;2*1-2H3. The van der Waals surface area contributed by atoms with Crippen molar-refractivity contribution in [2.45, 2.75) is 97.5 Å². The van der Waals surface area contributed by atoms with Gasteiger partial charge in [0.2, 0.25) is 0 Å². The van der Waals surface area contributed by atoms with E-state index in [0.717, 1.165) is 10.1 Å². The molecule has 0 amide bonds. The number of halogens is 1. The number of methoxy groups -OCH3 is 1. The molecule has 3 aromatic rings. The highest BCUT2D eigenvalue weighted by atomic mass is 32.1. The van der Waals surface area contributed by atoms with E-state index in [-0.39, 0.29) is 44.2 Å². The van der Waals surface area contributed by atoms with Crippen molar-refractivity contribution in [2.75, 3.05) is 20.3 Å². The Kier molecular flexibility index (Phi) is 20.5. The summed E-state index contributed by atoms with van der Waals surface area (Å²) in [5.41, 5.74) is -1.23. The number of ether oxygens (including phenoxy) is 2. The lowest BCUT2D eigenvalue weighted by Crippen LogP contribution is -2.54. The minimum Gasteiger partial charge on any atom is -0.496 e. The van der Waals surface area contributed by atoms with Gasteiger partial charge in [-0.15, -0.1) is 12.6 Å². The average molecular weight is 667 g/mol. The molecular weight excluding hydrogens is 615 g/mol. The Hall–Kier alpha value is -3.45. The van der Waals surface area contributed by atoms with Crippen LogP contribution in [0.5, 0.6) is 5.75 Å². The molecule has 258 valence electrons. The molecule has 46 heavy (non-hydrogen) atoms. The Bertz CT molecular complexity index is 1440. The number of benzene rings is 2. The smallest absolute Gasteiger partial charge is 0.332 e. The van der Waals surface area contributed by atoms with Gasteiger partial charge < -0.3 is 24.8 Å². The molecule has 1 aromatic heterocycles. The zero-order valence-corrected chi connectivity index (χ0v) is 29.1. The van der Waals surface area contributed by atoms with Crippen molar-refractivity contribution in [1.82, 2.24) is 9.13 Å². The number of nitrogens with zero attached hydrogens (tertiary/aromatic N) is 2. The van der Waals surface area contributed by atoms with E-state index in [2.05, 4.69) is 12.6 Å². The van der Waals surface area contributed by atoms with Crippen LogP contribution in [0.4, 0.5) is 4.39 Å². The lowest BCUT2D eigenvalue weighted by Gasteiger charge is -2.27. The van der Waals surface area contributed by atoms with Gasteiger partial charge in [-0.25, -0.2) is 18.5 Å². The second-order valence-corrected chi connectivity index (χ2v) is 10.3. The molecule has 12 heteroatoms. The van der Waals surface area contributed by atoms with Crippen LogP contribution in [-0.2, 0) is 41.1 Å². The Morgan fingerprint density at radius 1 is 1.04 bits per heavy atom. The number of hydrogen-bond acceptors (Lipinski definition) is 9. The number of carbonyl (C=O) groups is 1. The summed E-state index contributed by atoms with van der Waals surface area (Å²) in [4.78, 5) is 39.8. The zero-order chi connectivity index (χ0) is 35.4. The molecule has 0 saturated heterocycles. The second kappa shape index (κ2) is 22.1. The van der Waals surface area contributed by atoms with E-state index in [1.54, 1.807) is 6.92 Å². The first-order chi connectivity index (χ1) is 21.9. The minimum absolute atomic E-state index is 0.0106. The molecular formula is C34H51FN2O8S. The summed E-state index contributed by atoms with van der Waals surface area (Å²) in [6.07, 6.45) is 0.0617. The van der Waals surface area contributed by atoms with Gasteiger partial charge in [-0.1, -0.05) is 65.0 Å². The van der Waals surface area contributed by atoms with Crippen molar-refractivity contribution in [3.63, 3.8) is 0 Å². The first-order valence-electron chi connectivity index (χ1n) is 15.4. The summed E-state index contributed by atoms with van der Waals surface area (Å²) in [5.74, 6) is -0.664. The monoisotopic (exact) mass is 666 g/mol. The van der Waals surface area contributed by atoms with Gasteiger partial charge >= 0.3 is 11.7 Å². The van der Waals surface area contributed by atoms with Gasteiger partial charge in [-0.05, 0) is 62.4 Å². The van der Waals surface area contributed by atoms with Crippen molar-refractivity contribution in [2.24, 2.45) is 0 Å². The SMILES string of the molecule is CC.CC.CCc1c(S)n(CCc2cc(F)ccc2OC)c(=O)n(C(C)(C)C(=O)OCc2ccccc2)c1=O.OCCC(O)CO. The van der Waals surface area contributed by atoms with Crippen LogP contribution in [0.1, 0.15) is 71.6 Å². The largest absolute Gasteiger partial charge is 0.496 e. The maximum Gasteiger partial charge on any atom is 0.332 e. The molecule has 0 saturated carbocycles. The lowest BCUT2D eigenvalue weighted by atomic mass is 10.0. The van der Waals surface area contributed by atoms with Crippen LogP contribution in [-0.4, -0.2) is 56.9 Å². The van der Waals surface area contributed by atoms with Crippen molar-refractivity contribution in [1.29, 1.82) is 0 Å². The van der Waals surface area contributed by atoms with Crippen molar-refractivity contribution >= 4 is 18.6 Å². The first kappa shape index (κ1) is 42.6. The third-order valence-corrected chi connectivity index (χ3v) is 7.07. The van der Waals surface area contributed by atoms with Gasteiger partial charge in [0.1, 0.15) is 23.7 Å². The molecule has 0 fully saturated rings. The fourth-order valence-corrected chi connectivity index (χ4v) is 4.54. The highest BCUT2D eigenvalue weighted by molar-refractivity contribution is 7.80. The van der Waals surface area contributed by atoms with Gasteiger partial charge in [0.25, 0.3) is 5.56 Å². The predicted molar refractivity (Wildman–Crippen MR) is 181 cm³/mol. The van der Waals surface area contributed by atoms with E-state index in [1.807, 2.05) is 58.0 Å². The molecule has 0 aliphatic carbocycles. The van der Waals surface area contributed by atoms with Crippen molar-refractivity contribution < 1.29 is 34.0 Å². The van der Waals surface area contributed by atoms with E-state index >= 15 is 0 Å². The topological polar surface area (TPSA) is 140 Å². The van der Waals surface area contributed by atoms with Crippen LogP contribution < -0.4 is 16.0 Å². The summed E-state index contributed by atoms with van der Waals surface area (Å²) in [7, 11) is 1.48. The molecule has 2 aromatic carbocycles. The summed E-state index contributed by atoms with van der Waals surface area (Å²) in [5, 5.41) is 24.9. The van der Waals surface area contributed by atoms with Crippen LogP contribution in [0.15, 0.2) is 63.1 Å². The molecule has 1 unspecified atom stereocenters. The van der Waals surface area contributed by atoms with Gasteiger partial charge in [0.05, 0.1) is 24.8 Å². The number of aliphatic hydroxyl groups excluding tert-OH is 3. The molecule has 1 atom stereocenters. The Balaban J connectivity index is 0.00000160. The third kappa shape index (κ3) is 12.1. The second-order valence-electron chi connectivity index (χ2n) is 9.91. The molecule has 0 radical (unpaired) electrons. The molecule has 3 N–H and O–H groups in total. The zero-order valence-electron chi connectivity index (χ0n) is 28.2. The van der Waals surface area contributed by atoms with E-state index in [1.165, 1.54) is 43.7 Å². The molecule has 3 rings (SSSR count). The number of esters is 1. The third-order valence-electron chi connectivity index (χ3n) is 6.55. The normalized spacial score (nSPS) is 11.1. The molecule has 0 spiro atoms. The molecule has 0 aliphatic rings. The molecule has 1 heterocycles. The van der Waals surface area contributed by atoms with Gasteiger partial charge in [-0.3, -0.25) is 9.36 Å². The van der Waals surface area contributed by atoms with E-state index < -0.39 is 34.7 Å². The number of carbonyl (C=O) groups excluding carboxylic acids is 1. The van der Waals surface area contributed by atoms with Crippen molar-refractivity contribution in [3.8, 4) is 5.75 Å². The molecule has 0 bridgehead atoms. The van der Waals surface area contributed by atoms with E-state index in [0.29, 0.717) is 23.3 Å². The highest BCUT2D eigenvalue weighted by Gasteiger charge is 2.36. The van der Waals surface area contributed by atoms with E-state index in [9.17, 15) is 18.8 Å². The lowest BCUT2D eigenvalue weighted by molar-refractivity contribution is -0.154. The van der Waals surface area contributed by atoms with Crippen molar-refractivity contribution in [3.05, 3.63) is 91.9 Å². The van der Waals surface area contributed by atoms with Crippen LogP contribution in [0.2, 0.25) is 0 Å². The number of aryl methyl sites for hydroxylation is 1. The Morgan fingerprint density at radius 3 is 2.15 bits per heavy atom. The molecule has 0 aliphatic heterocycles. The van der Waals surface area contributed by atoms with Crippen LogP contribution in [0.3, 0.4) is 0 Å². The Labute approximate surface area is 276 Å². The van der Waals surface area contributed by atoms with Crippen LogP contribution >= 0.6 is 12.6 Å². The highest BCUT2D eigenvalue weighted by Crippen LogP contribution is 2.22. The summed E-state index contributed by atoms with van der Waals surface area (Å²) >= 11 is 4.46. The summed E-state index contributed by atoms with van der Waals surface area (Å²) in [6, 6.07) is 13.3. The predicted octanol–water partition coefficient (Wildman–Crippen LogP) is 4.50. The van der Waals surface area contributed by atoms with Crippen LogP contribution in [0.25, 0.3) is 0 Å². The van der Waals surface area contributed by atoms with Crippen LogP contribution in [0, 0.1) is 5.82 Å². The maximum atomic E-state index is 13.8. The number of rotatable bonds is 12. The first-order valence-corrected chi connectivity index (χ1v) is 15.9. The van der Waals surface area contributed by atoms with Gasteiger partial charge in [-0.2, -0.15) is 0 Å². The molecule has 10 nitrogen and oxygen atoms in total. The number of thiol groups is 1. The minimum atomic E-state index is -1.58. The van der Waals surface area contributed by atoms with Gasteiger partial charge in [0, 0.05) is 18.7 Å². The average Bonchev–Trinajstić information content (AvgIpc) is 3.06. The fourth-order valence-electron chi connectivity index (χ4n) is 4.10. The number of aliphatic hydroxyl groups is 3. The Morgan fingerprint density at radius 2 is 1.65 bits per heavy atom. The summed E-state index contributed by atoms with van der Waals surface area (Å²) < 4.78 is 26.8. The van der Waals surface area contributed by atoms with Gasteiger partial charge in [0.15, 0.2) is 0 Å². The number of hydrogen-bond donors (Lipinski definition) is 4.